The molecule has 1 aliphatic heterocycles. The van der Waals surface area contributed by atoms with E-state index in [9.17, 15) is 0 Å². The summed E-state index contributed by atoms with van der Waals surface area (Å²) in [7, 11) is 0. The van der Waals surface area contributed by atoms with Gasteiger partial charge in [0, 0.05) is 5.41 Å². The van der Waals surface area contributed by atoms with Gasteiger partial charge in [0.25, 0.3) is 0 Å². The molecule has 0 aromatic carbocycles. The van der Waals surface area contributed by atoms with Crippen molar-refractivity contribution in [3.8, 4) is 0 Å². The van der Waals surface area contributed by atoms with Crippen LogP contribution in [0.2, 0.25) is 0 Å². The van der Waals surface area contributed by atoms with Gasteiger partial charge < -0.3 is 4.74 Å². The third kappa shape index (κ3) is 2.66. The highest BCUT2D eigenvalue weighted by Crippen LogP contribution is 2.73. The van der Waals surface area contributed by atoms with E-state index in [4.69, 9.17) is 4.74 Å². The molecule has 4 aliphatic carbocycles. The topological polar surface area (TPSA) is 12.5 Å². The maximum atomic E-state index is 6.48. The van der Waals surface area contributed by atoms with E-state index in [0.717, 1.165) is 35.5 Å². The SMILES string of the molecule is CC(C)CCC[C@H](C)[C@@H]1CC[C@@H]2[C@@H]3CC[C@@]45O[C@@H]4CCC[C@]5(C)[C@@H]3CC[C@]21C. The molecule has 0 unspecified atom stereocenters. The fourth-order valence-electron chi connectivity index (χ4n) is 9.77. The molecule has 1 nitrogen and oxygen atoms in total. The van der Waals surface area contributed by atoms with Crippen molar-refractivity contribution in [1.82, 2.24) is 0 Å². The van der Waals surface area contributed by atoms with Crippen LogP contribution < -0.4 is 0 Å². The Kier molecular flexibility index (Phi) is 4.78. The van der Waals surface area contributed by atoms with Crippen LogP contribution in [0.4, 0.5) is 0 Å². The van der Waals surface area contributed by atoms with Gasteiger partial charge in [-0.3, -0.25) is 0 Å². The van der Waals surface area contributed by atoms with Gasteiger partial charge in [-0.15, -0.1) is 0 Å². The van der Waals surface area contributed by atoms with Crippen molar-refractivity contribution in [2.24, 2.45) is 46.3 Å². The minimum Gasteiger partial charge on any atom is -0.365 e. The summed E-state index contributed by atoms with van der Waals surface area (Å²) in [6.45, 7) is 12.8. The molecule has 1 heteroatoms. The maximum Gasteiger partial charge on any atom is 0.100 e. The second-order valence-electron chi connectivity index (χ2n) is 12.8. The summed E-state index contributed by atoms with van der Waals surface area (Å²) < 4.78 is 6.48. The predicted molar refractivity (Wildman–Crippen MR) is 117 cm³/mol. The Labute approximate surface area is 174 Å². The van der Waals surface area contributed by atoms with Crippen LogP contribution in [0, 0.1) is 46.3 Å². The molecular formula is C27H46O. The molecule has 160 valence electrons. The van der Waals surface area contributed by atoms with Crippen LogP contribution in [0.1, 0.15) is 112 Å². The van der Waals surface area contributed by atoms with Crippen molar-refractivity contribution in [2.45, 2.75) is 123 Å². The summed E-state index contributed by atoms with van der Waals surface area (Å²) >= 11 is 0. The monoisotopic (exact) mass is 386 g/mol. The molecule has 0 N–H and O–H groups in total. The van der Waals surface area contributed by atoms with Crippen molar-refractivity contribution in [3.63, 3.8) is 0 Å². The van der Waals surface area contributed by atoms with Gasteiger partial charge in [-0.1, -0.05) is 60.3 Å². The predicted octanol–water partition coefficient (Wildman–Crippen LogP) is 7.63. The van der Waals surface area contributed by atoms with E-state index in [0.29, 0.717) is 22.5 Å². The molecule has 5 rings (SSSR count). The standard InChI is InChI=1S/C27H46O/c1-18(2)8-6-9-19(3)21-11-12-22-20-13-17-27-24(28-27)10-7-15-26(27,5)23(20)14-16-25(21,22)4/h18-24H,6-17H2,1-5H3/t19-,20-,21-,22+,23+,24+,25-,26+,27+/m0/s1. The zero-order chi connectivity index (χ0) is 19.7. The summed E-state index contributed by atoms with van der Waals surface area (Å²) in [5.74, 6) is 5.77. The highest BCUT2D eigenvalue weighted by atomic mass is 16.6. The van der Waals surface area contributed by atoms with Crippen molar-refractivity contribution in [2.75, 3.05) is 0 Å². The largest absolute Gasteiger partial charge is 0.365 e. The van der Waals surface area contributed by atoms with Gasteiger partial charge in [-0.05, 0) is 92.3 Å². The molecule has 4 saturated carbocycles. The fraction of sp³-hybridized carbons (Fsp3) is 1.00. The number of epoxide rings is 1. The molecular weight excluding hydrogens is 340 g/mol. The average Bonchev–Trinajstić information content (AvgIpc) is 3.26. The highest BCUT2D eigenvalue weighted by Gasteiger charge is 2.73. The molecule has 0 amide bonds. The first-order chi connectivity index (χ1) is 13.3. The molecule has 5 fully saturated rings. The van der Waals surface area contributed by atoms with Gasteiger partial charge in [-0.25, -0.2) is 0 Å². The number of hydrogen-bond acceptors (Lipinski definition) is 1. The molecule has 9 atom stereocenters. The molecule has 0 bridgehead atoms. The van der Waals surface area contributed by atoms with E-state index < -0.39 is 0 Å². The van der Waals surface area contributed by atoms with Crippen LogP contribution >= 0.6 is 0 Å². The van der Waals surface area contributed by atoms with Crippen molar-refractivity contribution in [1.29, 1.82) is 0 Å². The Morgan fingerprint density at radius 1 is 0.857 bits per heavy atom. The lowest BCUT2D eigenvalue weighted by molar-refractivity contribution is -0.115. The molecule has 1 saturated heterocycles. The average molecular weight is 387 g/mol. The normalized spacial score (nSPS) is 53.1. The Morgan fingerprint density at radius 2 is 1.68 bits per heavy atom. The third-order valence-electron chi connectivity index (χ3n) is 11.3. The summed E-state index contributed by atoms with van der Waals surface area (Å²) in [5.41, 5.74) is 1.46. The van der Waals surface area contributed by atoms with Gasteiger partial charge in [0.05, 0.1) is 6.10 Å². The highest BCUT2D eigenvalue weighted by molar-refractivity contribution is 5.22. The second kappa shape index (κ2) is 6.73. The van der Waals surface area contributed by atoms with E-state index in [1.807, 2.05) is 0 Å². The summed E-state index contributed by atoms with van der Waals surface area (Å²) in [4.78, 5) is 0. The first kappa shape index (κ1) is 19.9. The molecule has 1 heterocycles. The quantitative estimate of drug-likeness (QED) is 0.442. The number of fused-ring (bicyclic) bond motifs is 4. The Hall–Kier alpha value is -0.0400. The van der Waals surface area contributed by atoms with Gasteiger partial charge in [0.2, 0.25) is 0 Å². The number of ether oxygens (including phenoxy) is 1. The molecule has 28 heavy (non-hydrogen) atoms. The summed E-state index contributed by atoms with van der Waals surface area (Å²) in [6.07, 6.45) is 18.1. The summed E-state index contributed by atoms with van der Waals surface area (Å²) in [6, 6.07) is 0. The fourth-order valence-corrected chi connectivity index (χ4v) is 9.77. The summed E-state index contributed by atoms with van der Waals surface area (Å²) in [5, 5.41) is 0. The van der Waals surface area contributed by atoms with E-state index in [1.165, 1.54) is 77.0 Å². The van der Waals surface area contributed by atoms with Gasteiger partial charge >= 0.3 is 0 Å². The van der Waals surface area contributed by atoms with Crippen molar-refractivity contribution < 1.29 is 4.74 Å². The van der Waals surface area contributed by atoms with Crippen molar-refractivity contribution >= 4 is 0 Å². The van der Waals surface area contributed by atoms with Crippen LogP contribution in [0.3, 0.4) is 0 Å². The second-order valence-corrected chi connectivity index (χ2v) is 12.8. The third-order valence-corrected chi connectivity index (χ3v) is 11.3. The van der Waals surface area contributed by atoms with E-state index >= 15 is 0 Å². The van der Waals surface area contributed by atoms with Gasteiger partial charge in [0.15, 0.2) is 0 Å². The lowest BCUT2D eigenvalue weighted by Gasteiger charge is -2.60. The van der Waals surface area contributed by atoms with Gasteiger partial charge in [0.1, 0.15) is 5.60 Å². The molecule has 0 aromatic rings. The molecule has 0 aromatic heterocycles. The van der Waals surface area contributed by atoms with Crippen LogP contribution in [0.5, 0.6) is 0 Å². The zero-order valence-electron chi connectivity index (χ0n) is 19.4. The Balaban J connectivity index is 1.32. The number of rotatable bonds is 5. The first-order valence-corrected chi connectivity index (χ1v) is 13.0. The Morgan fingerprint density at radius 3 is 2.46 bits per heavy atom. The Bertz CT molecular complexity index is 597. The zero-order valence-corrected chi connectivity index (χ0v) is 19.4. The maximum absolute atomic E-state index is 6.48. The van der Waals surface area contributed by atoms with Crippen molar-refractivity contribution in [3.05, 3.63) is 0 Å². The van der Waals surface area contributed by atoms with E-state index in [-0.39, 0.29) is 0 Å². The van der Waals surface area contributed by atoms with Crippen LogP contribution in [-0.2, 0) is 4.74 Å². The molecule has 1 spiro atoms. The smallest absolute Gasteiger partial charge is 0.100 e. The number of hydrogen-bond donors (Lipinski definition) is 0. The first-order valence-electron chi connectivity index (χ1n) is 13.0. The van der Waals surface area contributed by atoms with E-state index in [1.54, 1.807) is 0 Å². The minimum absolute atomic E-state index is 0.322. The van der Waals surface area contributed by atoms with E-state index in [2.05, 4.69) is 34.6 Å². The lowest BCUT2D eigenvalue weighted by atomic mass is 9.44. The minimum atomic E-state index is 0.322. The van der Waals surface area contributed by atoms with Gasteiger partial charge in [-0.2, -0.15) is 0 Å². The lowest BCUT2D eigenvalue weighted by Crippen LogP contribution is -2.57. The molecule has 5 aliphatic rings. The van der Waals surface area contributed by atoms with Crippen LogP contribution in [0.25, 0.3) is 0 Å². The van der Waals surface area contributed by atoms with Crippen LogP contribution in [-0.4, -0.2) is 11.7 Å². The van der Waals surface area contributed by atoms with Crippen LogP contribution in [0.15, 0.2) is 0 Å². The molecule has 0 radical (unpaired) electrons.